The van der Waals surface area contributed by atoms with Crippen LogP contribution in [0.3, 0.4) is 0 Å². The van der Waals surface area contributed by atoms with Crippen LogP contribution in [0.15, 0.2) is 0 Å². The van der Waals surface area contributed by atoms with E-state index in [4.69, 9.17) is 0 Å². The molecule has 0 aromatic heterocycles. The highest BCUT2D eigenvalue weighted by Gasteiger charge is 2.26. The van der Waals surface area contributed by atoms with Gasteiger partial charge in [0.2, 0.25) is 11.8 Å². The van der Waals surface area contributed by atoms with Crippen molar-refractivity contribution in [2.24, 2.45) is 10.8 Å². The molecular weight excluding hydrogens is 266 g/mol. The van der Waals surface area contributed by atoms with Crippen molar-refractivity contribution in [3.63, 3.8) is 0 Å². The molecule has 122 valence electrons. The maximum absolute atomic E-state index is 11.8. The fraction of sp³-hybridized carbons (Fsp3) is 0.875. The normalized spacial score (nSPS) is 18.1. The fourth-order valence-corrected chi connectivity index (χ4v) is 2.32. The van der Waals surface area contributed by atoms with Crippen LogP contribution in [0.2, 0.25) is 0 Å². The van der Waals surface area contributed by atoms with E-state index in [0.29, 0.717) is 19.4 Å². The summed E-state index contributed by atoms with van der Waals surface area (Å²) in [4.78, 5) is 23.5. The quantitative estimate of drug-likeness (QED) is 0.650. The summed E-state index contributed by atoms with van der Waals surface area (Å²) in [5.74, 6) is 0.116. The Morgan fingerprint density at radius 2 is 1.76 bits per heavy atom. The highest BCUT2D eigenvalue weighted by atomic mass is 16.2. The van der Waals surface area contributed by atoms with E-state index in [1.54, 1.807) is 0 Å². The maximum atomic E-state index is 11.8. The topological polar surface area (TPSA) is 70.2 Å². The van der Waals surface area contributed by atoms with Gasteiger partial charge in [-0.2, -0.15) is 0 Å². The van der Waals surface area contributed by atoms with Crippen LogP contribution in [-0.2, 0) is 9.59 Å². The number of amides is 2. The molecule has 0 saturated carbocycles. The second-order valence-electron chi connectivity index (χ2n) is 7.45. The SMILES string of the molecule is CC1(CNC(=O)CCCNC(=O)C(C)(C)C)CCNCC1. The van der Waals surface area contributed by atoms with E-state index in [1.807, 2.05) is 20.8 Å². The molecule has 1 aliphatic rings. The Hall–Kier alpha value is -1.10. The lowest BCUT2D eigenvalue weighted by atomic mass is 9.81. The van der Waals surface area contributed by atoms with E-state index in [-0.39, 0.29) is 22.6 Å². The van der Waals surface area contributed by atoms with Crippen LogP contribution < -0.4 is 16.0 Å². The molecule has 0 bridgehead atoms. The Morgan fingerprint density at radius 3 is 2.33 bits per heavy atom. The average Bonchev–Trinajstić information content (AvgIpc) is 2.41. The van der Waals surface area contributed by atoms with Gasteiger partial charge in [-0.15, -0.1) is 0 Å². The zero-order chi connectivity index (χ0) is 15.9. The summed E-state index contributed by atoms with van der Waals surface area (Å²) in [5, 5.41) is 9.23. The first-order valence-corrected chi connectivity index (χ1v) is 7.99. The van der Waals surface area contributed by atoms with Crippen LogP contribution in [0.4, 0.5) is 0 Å². The fourth-order valence-electron chi connectivity index (χ4n) is 2.32. The molecule has 1 rings (SSSR count). The third-order valence-electron chi connectivity index (χ3n) is 4.07. The van der Waals surface area contributed by atoms with E-state index in [1.165, 1.54) is 0 Å². The Kier molecular flexibility index (Phi) is 6.65. The Labute approximate surface area is 128 Å². The van der Waals surface area contributed by atoms with Gasteiger partial charge >= 0.3 is 0 Å². The molecule has 0 aliphatic carbocycles. The lowest BCUT2D eigenvalue weighted by Crippen LogP contribution is -2.43. The van der Waals surface area contributed by atoms with Crippen molar-refractivity contribution >= 4 is 11.8 Å². The predicted octanol–water partition coefficient (Wildman–Crippen LogP) is 1.43. The van der Waals surface area contributed by atoms with Gasteiger partial charge < -0.3 is 16.0 Å². The number of hydrogen-bond acceptors (Lipinski definition) is 3. The highest BCUT2D eigenvalue weighted by Crippen LogP contribution is 2.26. The van der Waals surface area contributed by atoms with E-state index in [9.17, 15) is 9.59 Å². The first kappa shape index (κ1) is 18.0. The number of carbonyl (C=O) groups is 2. The minimum absolute atomic E-state index is 0.0325. The Balaban J connectivity index is 2.13. The van der Waals surface area contributed by atoms with Crippen molar-refractivity contribution in [3.05, 3.63) is 0 Å². The second-order valence-corrected chi connectivity index (χ2v) is 7.45. The molecule has 21 heavy (non-hydrogen) atoms. The van der Waals surface area contributed by atoms with Crippen molar-refractivity contribution in [3.8, 4) is 0 Å². The largest absolute Gasteiger partial charge is 0.356 e. The molecular formula is C16H31N3O2. The molecule has 0 radical (unpaired) electrons. The molecule has 1 aliphatic heterocycles. The predicted molar refractivity (Wildman–Crippen MR) is 84.9 cm³/mol. The maximum Gasteiger partial charge on any atom is 0.225 e. The van der Waals surface area contributed by atoms with E-state index >= 15 is 0 Å². The zero-order valence-corrected chi connectivity index (χ0v) is 14.0. The monoisotopic (exact) mass is 297 g/mol. The van der Waals surface area contributed by atoms with Crippen molar-refractivity contribution in [2.45, 2.75) is 53.4 Å². The van der Waals surface area contributed by atoms with Crippen LogP contribution in [0.1, 0.15) is 53.4 Å². The summed E-state index contributed by atoms with van der Waals surface area (Å²) in [6, 6.07) is 0. The molecule has 0 aromatic carbocycles. The molecule has 0 atom stereocenters. The smallest absolute Gasteiger partial charge is 0.225 e. The van der Waals surface area contributed by atoms with Gasteiger partial charge in [-0.3, -0.25) is 9.59 Å². The first-order chi connectivity index (χ1) is 9.73. The Bertz CT molecular complexity index is 355. The van der Waals surface area contributed by atoms with Gasteiger partial charge in [0, 0.05) is 24.9 Å². The van der Waals surface area contributed by atoms with Crippen molar-refractivity contribution in [1.29, 1.82) is 0 Å². The summed E-state index contributed by atoms with van der Waals surface area (Å²) in [7, 11) is 0. The van der Waals surface area contributed by atoms with Crippen LogP contribution in [0.5, 0.6) is 0 Å². The number of hydrogen-bond donors (Lipinski definition) is 3. The van der Waals surface area contributed by atoms with Crippen molar-refractivity contribution in [1.82, 2.24) is 16.0 Å². The summed E-state index contributed by atoms with van der Waals surface area (Å²) >= 11 is 0. The summed E-state index contributed by atoms with van der Waals surface area (Å²) in [6.45, 7) is 11.3. The molecule has 5 nitrogen and oxygen atoms in total. The molecule has 1 saturated heterocycles. The number of piperidine rings is 1. The summed E-state index contributed by atoms with van der Waals surface area (Å²) in [6.07, 6.45) is 3.37. The third kappa shape index (κ3) is 6.93. The summed E-state index contributed by atoms with van der Waals surface area (Å²) in [5.41, 5.74) is -0.146. The lowest BCUT2D eigenvalue weighted by Gasteiger charge is -2.34. The van der Waals surface area contributed by atoms with Gasteiger partial charge in [0.05, 0.1) is 0 Å². The van der Waals surface area contributed by atoms with Gasteiger partial charge in [0.1, 0.15) is 0 Å². The van der Waals surface area contributed by atoms with Gasteiger partial charge in [0.25, 0.3) is 0 Å². The first-order valence-electron chi connectivity index (χ1n) is 7.99. The molecule has 0 spiro atoms. The van der Waals surface area contributed by atoms with Crippen LogP contribution in [0.25, 0.3) is 0 Å². The molecule has 0 aromatic rings. The molecule has 5 heteroatoms. The van der Waals surface area contributed by atoms with Crippen LogP contribution >= 0.6 is 0 Å². The molecule has 0 unspecified atom stereocenters. The average molecular weight is 297 g/mol. The van der Waals surface area contributed by atoms with Gasteiger partial charge in [-0.1, -0.05) is 27.7 Å². The molecule has 1 heterocycles. The van der Waals surface area contributed by atoms with Gasteiger partial charge in [0.15, 0.2) is 0 Å². The summed E-state index contributed by atoms with van der Waals surface area (Å²) < 4.78 is 0. The van der Waals surface area contributed by atoms with Gasteiger partial charge in [-0.25, -0.2) is 0 Å². The second kappa shape index (κ2) is 7.78. The Morgan fingerprint density at radius 1 is 1.14 bits per heavy atom. The van der Waals surface area contributed by atoms with Crippen LogP contribution in [0, 0.1) is 10.8 Å². The standard InChI is InChI=1S/C16H31N3O2/c1-15(2,3)14(21)18-9-5-6-13(20)19-12-16(4)7-10-17-11-8-16/h17H,5-12H2,1-4H3,(H,18,21)(H,19,20). The number of nitrogens with one attached hydrogen (secondary N) is 3. The van der Waals surface area contributed by atoms with E-state index < -0.39 is 0 Å². The van der Waals surface area contributed by atoms with E-state index in [2.05, 4.69) is 22.9 Å². The number of carbonyl (C=O) groups excluding carboxylic acids is 2. The molecule has 2 amide bonds. The molecule has 1 fully saturated rings. The minimum Gasteiger partial charge on any atom is -0.356 e. The highest BCUT2D eigenvalue weighted by molar-refractivity contribution is 5.81. The lowest BCUT2D eigenvalue weighted by molar-refractivity contribution is -0.128. The van der Waals surface area contributed by atoms with E-state index in [0.717, 1.165) is 32.5 Å². The van der Waals surface area contributed by atoms with Gasteiger partial charge in [-0.05, 0) is 37.8 Å². The van der Waals surface area contributed by atoms with Crippen LogP contribution in [-0.4, -0.2) is 38.0 Å². The third-order valence-corrected chi connectivity index (χ3v) is 4.07. The van der Waals surface area contributed by atoms with Crippen molar-refractivity contribution < 1.29 is 9.59 Å². The minimum atomic E-state index is -0.369. The molecule has 3 N–H and O–H groups in total. The zero-order valence-electron chi connectivity index (χ0n) is 14.0. The van der Waals surface area contributed by atoms with Crippen molar-refractivity contribution in [2.75, 3.05) is 26.2 Å². The number of rotatable bonds is 6.